The SMILES string of the molecule is Cc1cc(NC(=O)CSc2nc(C(F)(F)F)nc3ccccc23)n(C)n1. The number of alkyl halides is 3. The first kappa shape index (κ1) is 18.2. The van der Waals surface area contributed by atoms with Gasteiger partial charge in [-0.15, -0.1) is 0 Å². The number of amides is 1. The summed E-state index contributed by atoms with van der Waals surface area (Å²) >= 11 is 0.927. The van der Waals surface area contributed by atoms with Gasteiger partial charge in [-0.25, -0.2) is 9.97 Å². The van der Waals surface area contributed by atoms with E-state index in [1.54, 1.807) is 38.2 Å². The van der Waals surface area contributed by atoms with Gasteiger partial charge in [0.25, 0.3) is 0 Å². The van der Waals surface area contributed by atoms with Crippen molar-refractivity contribution < 1.29 is 18.0 Å². The van der Waals surface area contributed by atoms with Crippen LogP contribution in [0.15, 0.2) is 35.4 Å². The monoisotopic (exact) mass is 381 g/mol. The van der Waals surface area contributed by atoms with Crippen LogP contribution in [0.1, 0.15) is 11.5 Å². The lowest BCUT2D eigenvalue weighted by molar-refractivity contribution is -0.145. The van der Waals surface area contributed by atoms with Crippen LogP contribution in [0.3, 0.4) is 0 Å². The lowest BCUT2D eigenvalue weighted by Crippen LogP contribution is -2.17. The predicted molar refractivity (Wildman–Crippen MR) is 91.8 cm³/mol. The number of hydrogen-bond donors (Lipinski definition) is 1. The van der Waals surface area contributed by atoms with E-state index in [0.29, 0.717) is 11.2 Å². The number of thioether (sulfide) groups is 1. The smallest absolute Gasteiger partial charge is 0.310 e. The number of aryl methyl sites for hydroxylation is 2. The molecular formula is C16H14F3N5OS. The Hall–Kier alpha value is -2.62. The van der Waals surface area contributed by atoms with E-state index in [2.05, 4.69) is 20.4 Å². The minimum atomic E-state index is -4.66. The third-order valence-electron chi connectivity index (χ3n) is 3.43. The lowest BCUT2D eigenvalue weighted by atomic mass is 10.2. The van der Waals surface area contributed by atoms with Gasteiger partial charge in [-0.3, -0.25) is 9.48 Å². The van der Waals surface area contributed by atoms with Crippen molar-refractivity contribution in [3.63, 3.8) is 0 Å². The Morgan fingerprint density at radius 2 is 2.00 bits per heavy atom. The number of anilines is 1. The summed E-state index contributed by atoms with van der Waals surface area (Å²) in [6.07, 6.45) is -4.66. The van der Waals surface area contributed by atoms with Crippen molar-refractivity contribution in [3.8, 4) is 0 Å². The van der Waals surface area contributed by atoms with Crippen molar-refractivity contribution in [2.75, 3.05) is 11.1 Å². The number of nitrogens with zero attached hydrogens (tertiary/aromatic N) is 4. The second-order valence-electron chi connectivity index (χ2n) is 5.50. The summed E-state index contributed by atoms with van der Waals surface area (Å²) in [7, 11) is 1.68. The fourth-order valence-electron chi connectivity index (χ4n) is 2.32. The van der Waals surface area contributed by atoms with Gasteiger partial charge in [0, 0.05) is 18.5 Å². The van der Waals surface area contributed by atoms with Gasteiger partial charge >= 0.3 is 6.18 Å². The Labute approximate surface area is 150 Å². The van der Waals surface area contributed by atoms with Gasteiger partial charge in [0.2, 0.25) is 11.7 Å². The molecule has 0 aliphatic heterocycles. The van der Waals surface area contributed by atoms with Crippen LogP contribution in [0, 0.1) is 6.92 Å². The van der Waals surface area contributed by atoms with E-state index in [1.165, 1.54) is 10.7 Å². The number of rotatable bonds is 4. The maximum atomic E-state index is 13.0. The zero-order chi connectivity index (χ0) is 18.9. The average Bonchev–Trinajstić information content (AvgIpc) is 2.88. The molecule has 136 valence electrons. The molecule has 2 aromatic heterocycles. The number of benzene rings is 1. The van der Waals surface area contributed by atoms with E-state index in [-0.39, 0.29) is 22.2 Å². The molecule has 0 radical (unpaired) electrons. The molecule has 1 N–H and O–H groups in total. The van der Waals surface area contributed by atoms with E-state index < -0.39 is 12.0 Å². The molecule has 2 heterocycles. The van der Waals surface area contributed by atoms with Crippen LogP contribution in [-0.2, 0) is 18.0 Å². The van der Waals surface area contributed by atoms with Crippen molar-refractivity contribution in [2.45, 2.75) is 18.1 Å². The summed E-state index contributed by atoms with van der Waals surface area (Å²) in [5.41, 5.74) is 0.923. The van der Waals surface area contributed by atoms with E-state index in [9.17, 15) is 18.0 Å². The van der Waals surface area contributed by atoms with E-state index in [1.807, 2.05) is 0 Å². The summed E-state index contributed by atoms with van der Waals surface area (Å²) in [5, 5.41) is 7.36. The number of aromatic nitrogens is 4. The third-order valence-corrected chi connectivity index (χ3v) is 4.42. The van der Waals surface area contributed by atoms with E-state index >= 15 is 0 Å². The molecule has 26 heavy (non-hydrogen) atoms. The summed E-state index contributed by atoms with van der Waals surface area (Å²) in [5.74, 6) is -1.17. The Kier molecular flexibility index (Phi) is 4.86. The first-order chi connectivity index (χ1) is 12.2. The second-order valence-corrected chi connectivity index (χ2v) is 6.46. The molecular weight excluding hydrogens is 367 g/mol. The molecule has 0 aliphatic rings. The minimum absolute atomic E-state index is 0.0947. The van der Waals surface area contributed by atoms with E-state index in [4.69, 9.17) is 0 Å². The lowest BCUT2D eigenvalue weighted by Gasteiger charge is -2.10. The quantitative estimate of drug-likeness (QED) is 0.554. The van der Waals surface area contributed by atoms with Gasteiger partial charge in [0.05, 0.1) is 17.0 Å². The topological polar surface area (TPSA) is 72.7 Å². The summed E-state index contributed by atoms with van der Waals surface area (Å²) < 4.78 is 40.5. The average molecular weight is 381 g/mol. The van der Waals surface area contributed by atoms with Gasteiger partial charge in [0.15, 0.2) is 0 Å². The van der Waals surface area contributed by atoms with Crippen LogP contribution in [0.4, 0.5) is 19.0 Å². The van der Waals surface area contributed by atoms with Crippen LogP contribution in [-0.4, -0.2) is 31.4 Å². The molecule has 0 saturated carbocycles. The summed E-state index contributed by atoms with van der Waals surface area (Å²) in [6.45, 7) is 1.79. The van der Waals surface area contributed by atoms with Gasteiger partial charge in [-0.1, -0.05) is 30.0 Å². The van der Waals surface area contributed by atoms with E-state index in [0.717, 1.165) is 17.5 Å². The van der Waals surface area contributed by atoms with Crippen molar-refractivity contribution in [1.82, 2.24) is 19.7 Å². The first-order valence-electron chi connectivity index (χ1n) is 7.51. The molecule has 0 spiro atoms. The predicted octanol–water partition coefficient (Wildman–Crippen LogP) is 3.42. The number of carbonyl (C=O) groups excluding carboxylic acids is 1. The standard InChI is InChI=1S/C16H14F3N5OS/c1-9-7-12(24(2)23-9)21-13(25)8-26-14-10-5-3-4-6-11(10)20-15(22-14)16(17,18)19/h3-7H,8H2,1-2H3,(H,21,25). The number of carbonyl (C=O) groups is 1. The molecule has 0 saturated heterocycles. The minimum Gasteiger partial charge on any atom is -0.310 e. The number of nitrogens with one attached hydrogen (secondary N) is 1. The fraction of sp³-hybridized carbons (Fsp3) is 0.250. The first-order valence-corrected chi connectivity index (χ1v) is 8.50. The maximum absolute atomic E-state index is 13.0. The molecule has 6 nitrogen and oxygen atoms in total. The highest BCUT2D eigenvalue weighted by atomic mass is 32.2. The van der Waals surface area contributed by atoms with Crippen molar-refractivity contribution >= 4 is 34.4 Å². The van der Waals surface area contributed by atoms with Crippen LogP contribution < -0.4 is 5.32 Å². The van der Waals surface area contributed by atoms with Gasteiger partial charge in [-0.2, -0.15) is 18.3 Å². The Morgan fingerprint density at radius 3 is 2.65 bits per heavy atom. The highest BCUT2D eigenvalue weighted by molar-refractivity contribution is 8.00. The molecule has 3 rings (SSSR count). The molecule has 3 aromatic rings. The largest absolute Gasteiger partial charge is 0.451 e. The normalized spacial score (nSPS) is 11.7. The molecule has 0 fully saturated rings. The van der Waals surface area contributed by atoms with Gasteiger partial charge in [0.1, 0.15) is 10.8 Å². The van der Waals surface area contributed by atoms with Gasteiger partial charge in [-0.05, 0) is 13.0 Å². The molecule has 0 atom stereocenters. The highest BCUT2D eigenvalue weighted by Gasteiger charge is 2.35. The van der Waals surface area contributed by atoms with Gasteiger partial charge < -0.3 is 5.32 Å². The van der Waals surface area contributed by atoms with Crippen molar-refractivity contribution in [2.24, 2.45) is 7.05 Å². The second kappa shape index (κ2) is 6.94. The Bertz CT molecular complexity index is 970. The Balaban J connectivity index is 1.81. The number of hydrogen-bond acceptors (Lipinski definition) is 5. The van der Waals surface area contributed by atoms with Crippen LogP contribution in [0.25, 0.3) is 10.9 Å². The molecule has 1 amide bonds. The highest BCUT2D eigenvalue weighted by Crippen LogP contribution is 2.32. The van der Waals surface area contributed by atoms with Crippen LogP contribution >= 0.6 is 11.8 Å². The van der Waals surface area contributed by atoms with Crippen molar-refractivity contribution in [3.05, 3.63) is 41.9 Å². The third kappa shape index (κ3) is 3.96. The Morgan fingerprint density at radius 1 is 1.27 bits per heavy atom. The van der Waals surface area contributed by atoms with Crippen molar-refractivity contribution in [1.29, 1.82) is 0 Å². The fourth-order valence-corrected chi connectivity index (χ4v) is 3.14. The number of halogens is 3. The molecule has 0 unspecified atom stereocenters. The summed E-state index contributed by atoms with van der Waals surface area (Å²) in [4.78, 5) is 19.3. The van der Waals surface area contributed by atoms with Crippen LogP contribution in [0.2, 0.25) is 0 Å². The maximum Gasteiger partial charge on any atom is 0.451 e. The number of para-hydroxylation sites is 1. The van der Waals surface area contributed by atoms with Crippen LogP contribution in [0.5, 0.6) is 0 Å². The zero-order valence-electron chi connectivity index (χ0n) is 13.8. The zero-order valence-corrected chi connectivity index (χ0v) is 14.6. The molecule has 0 bridgehead atoms. The summed E-state index contributed by atoms with van der Waals surface area (Å²) in [6, 6.07) is 8.09. The number of fused-ring (bicyclic) bond motifs is 1. The molecule has 0 aliphatic carbocycles. The molecule has 10 heteroatoms. The molecule has 1 aromatic carbocycles.